The minimum Gasteiger partial charge on any atom is -0.307 e. The van der Waals surface area contributed by atoms with Crippen LogP contribution in [0.3, 0.4) is 0 Å². The van der Waals surface area contributed by atoms with Crippen molar-refractivity contribution in [2.75, 3.05) is 0 Å². The minimum atomic E-state index is 0.189. The van der Waals surface area contributed by atoms with Crippen LogP contribution in [0.5, 0.6) is 0 Å². The first-order chi connectivity index (χ1) is 20.3. The lowest BCUT2D eigenvalue weighted by Crippen LogP contribution is -2.08. The first-order valence-corrected chi connectivity index (χ1v) is 14.9. The van der Waals surface area contributed by atoms with Crippen LogP contribution in [0, 0.1) is 0 Å². The molecule has 0 spiro atoms. The topological polar surface area (TPSA) is 22.8 Å². The SMILES string of the molecule is C1=CC(n2cc3c(ccc4c5ccccc5n(-c5cccc6c5sc5ccccc56)c34)n2)CC=C1c1ccccc1. The van der Waals surface area contributed by atoms with E-state index in [-0.39, 0.29) is 6.04 Å². The van der Waals surface area contributed by atoms with E-state index in [4.69, 9.17) is 5.10 Å². The summed E-state index contributed by atoms with van der Waals surface area (Å²) in [6.45, 7) is 0. The van der Waals surface area contributed by atoms with Crippen molar-refractivity contribution in [2.45, 2.75) is 12.5 Å². The van der Waals surface area contributed by atoms with Crippen molar-refractivity contribution in [2.24, 2.45) is 0 Å². The molecular weight excluding hydrogens is 518 g/mol. The molecule has 3 nitrogen and oxygen atoms in total. The van der Waals surface area contributed by atoms with Crippen LogP contribution in [0.4, 0.5) is 0 Å². The molecule has 0 saturated carbocycles. The van der Waals surface area contributed by atoms with Crippen LogP contribution in [0.1, 0.15) is 18.0 Å². The number of fused-ring (bicyclic) bond motifs is 8. The van der Waals surface area contributed by atoms with Crippen molar-refractivity contribution in [1.29, 1.82) is 0 Å². The molecule has 0 amide bonds. The fourth-order valence-corrected chi connectivity index (χ4v) is 7.76. The molecule has 4 heteroatoms. The van der Waals surface area contributed by atoms with Gasteiger partial charge in [-0.25, -0.2) is 0 Å². The summed E-state index contributed by atoms with van der Waals surface area (Å²) in [6, 6.07) is 39.5. The van der Waals surface area contributed by atoms with Crippen molar-refractivity contribution < 1.29 is 0 Å². The Labute approximate surface area is 240 Å². The maximum atomic E-state index is 5.11. The summed E-state index contributed by atoms with van der Waals surface area (Å²) >= 11 is 1.88. The van der Waals surface area contributed by atoms with Crippen molar-refractivity contribution in [3.05, 3.63) is 139 Å². The molecule has 41 heavy (non-hydrogen) atoms. The van der Waals surface area contributed by atoms with Gasteiger partial charge >= 0.3 is 0 Å². The van der Waals surface area contributed by atoms with Crippen molar-refractivity contribution in [3.63, 3.8) is 0 Å². The molecule has 0 N–H and O–H groups in total. The zero-order chi connectivity index (χ0) is 26.9. The van der Waals surface area contributed by atoms with Gasteiger partial charge in [0.1, 0.15) is 0 Å². The van der Waals surface area contributed by atoms with E-state index in [1.54, 1.807) is 0 Å². The van der Waals surface area contributed by atoms with Gasteiger partial charge < -0.3 is 4.57 Å². The number of hydrogen-bond acceptors (Lipinski definition) is 2. The van der Waals surface area contributed by atoms with E-state index in [2.05, 4.69) is 143 Å². The van der Waals surface area contributed by atoms with E-state index in [0.29, 0.717) is 0 Å². The molecular formula is C37H25N3S. The van der Waals surface area contributed by atoms with Crippen molar-refractivity contribution in [1.82, 2.24) is 14.3 Å². The van der Waals surface area contributed by atoms with Gasteiger partial charge in [-0.05, 0) is 47.9 Å². The van der Waals surface area contributed by atoms with E-state index in [9.17, 15) is 0 Å². The first-order valence-electron chi connectivity index (χ1n) is 14.1. The van der Waals surface area contributed by atoms with E-state index < -0.39 is 0 Å². The van der Waals surface area contributed by atoms with Gasteiger partial charge in [-0.2, -0.15) is 5.10 Å². The highest BCUT2D eigenvalue weighted by molar-refractivity contribution is 7.26. The van der Waals surface area contributed by atoms with Crippen LogP contribution >= 0.6 is 11.3 Å². The third-order valence-corrected chi connectivity index (χ3v) is 9.69. The third kappa shape index (κ3) is 3.41. The summed E-state index contributed by atoms with van der Waals surface area (Å²) in [5.74, 6) is 0. The number of aromatic nitrogens is 3. The second kappa shape index (κ2) is 8.79. The Kier molecular flexibility index (Phi) is 4.89. The maximum Gasteiger partial charge on any atom is 0.0945 e. The minimum absolute atomic E-state index is 0.189. The maximum absolute atomic E-state index is 5.11. The number of allylic oxidation sites excluding steroid dienone is 4. The van der Waals surface area contributed by atoms with E-state index in [1.165, 1.54) is 64.2 Å². The fraction of sp³-hybridized carbons (Fsp3) is 0.0541. The van der Waals surface area contributed by atoms with Crippen LogP contribution in [-0.2, 0) is 0 Å². The quantitative estimate of drug-likeness (QED) is 0.217. The lowest BCUT2D eigenvalue weighted by molar-refractivity contribution is 0.547. The van der Waals surface area contributed by atoms with Crippen LogP contribution in [0.25, 0.3) is 64.1 Å². The number of rotatable bonds is 3. The number of hydrogen-bond donors (Lipinski definition) is 0. The Morgan fingerprint density at radius 3 is 2.37 bits per heavy atom. The molecule has 3 aromatic heterocycles. The summed E-state index contributed by atoms with van der Waals surface area (Å²) in [7, 11) is 0. The molecule has 3 heterocycles. The number of thiophene rings is 1. The predicted molar refractivity (Wildman–Crippen MR) is 174 cm³/mol. The van der Waals surface area contributed by atoms with Gasteiger partial charge in [-0.3, -0.25) is 4.68 Å². The third-order valence-electron chi connectivity index (χ3n) is 8.49. The van der Waals surface area contributed by atoms with Crippen molar-refractivity contribution in [3.8, 4) is 5.69 Å². The van der Waals surface area contributed by atoms with E-state index in [1.807, 2.05) is 11.3 Å². The molecule has 0 aliphatic heterocycles. The predicted octanol–water partition coefficient (Wildman–Crippen LogP) is 10.1. The molecule has 9 rings (SSSR count). The van der Waals surface area contributed by atoms with Crippen molar-refractivity contribution >= 4 is 69.8 Å². The standard InChI is InChI=1S/C37H25N3S/c1-2-9-24(10-3-1)25-17-19-26(20-18-25)39-23-31-32(38-39)22-21-29-27-11-4-6-14-33(27)40(36(29)31)34-15-8-13-30-28-12-5-7-16-35(28)41-37(30)34/h1-19,21-23,26H,20H2. The molecule has 1 aliphatic rings. The zero-order valence-corrected chi connectivity index (χ0v) is 23.1. The lowest BCUT2D eigenvalue weighted by atomic mass is 9.97. The molecule has 0 fully saturated rings. The summed E-state index contributed by atoms with van der Waals surface area (Å²) < 4.78 is 7.26. The highest BCUT2D eigenvalue weighted by Crippen LogP contribution is 2.42. The monoisotopic (exact) mass is 543 g/mol. The first kappa shape index (κ1) is 22.8. The van der Waals surface area contributed by atoms with Crippen LogP contribution < -0.4 is 0 Å². The normalized spacial score (nSPS) is 15.5. The van der Waals surface area contributed by atoms with E-state index >= 15 is 0 Å². The summed E-state index contributed by atoms with van der Waals surface area (Å²) in [5, 5.41) is 11.5. The number of benzene rings is 5. The molecule has 0 saturated heterocycles. The Bertz CT molecular complexity index is 2350. The van der Waals surface area contributed by atoms with Gasteiger partial charge in [0.25, 0.3) is 0 Å². The molecule has 5 aromatic carbocycles. The molecule has 8 aromatic rings. The van der Waals surface area contributed by atoms with Gasteiger partial charge in [-0.1, -0.05) is 97.1 Å². The van der Waals surface area contributed by atoms with Gasteiger partial charge in [-0.15, -0.1) is 11.3 Å². The Morgan fingerprint density at radius 1 is 0.683 bits per heavy atom. The number of nitrogens with zero attached hydrogens (tertiary/aromatic N) is 3. The summed E-state index contributed by atoms with van der Waals surface area (Å²) in [5.41, 5.74) is 7.23. The molecule has 0 bridgehead atoms. The Morgan fingerprint density at radius 2 is 1.49 bits per heavy atom. The van der Waals surface area contributed by atoms with Gasteiger partial charge in [0, 0.05) is 37.8 Å². The van der Waals surface area contributed by atoms with Gasteiger partial charge in [0.2, 0.25) is 0 Å². The second-order valence-corrected chi connectivity index (χ2v) is 11.8. The molecule has 0 radical (unpaired) electrons. The Balaban J connectivity index is 1.26. The lowest BCUT2D eigenvalue weighted by Gasteiger charge is -2.17. The smallest absolute Gasteiger partial charge is 0.0945 e. The second-order valence-electron chi connectivity index (χ2n) is 10.8. The molecule has 1 atom stereocenters. The highest BCUT2D eigenvalue weighted by atomic mass is 32.1. The fourth-order valence-electron chi connectivity index (χ4n) is 6.55. The van der Waals surface area contributed by atoms with Crippen LogP contribution in [-0.4, -0.2) is 14.3 Å². The Hall–Kier alpha value is -4.93. The van der Waals surface area contributed by atoms with Gasteiger partial charge in [0.15, 0.2) is 0 Å². The highest BCUT2D eigenvalue weighted by Gasteiger charge is 2.21. The zero-order valence-electron chi connectivity index (χ0n) is 22.2. The summed E-state index contributed by atoms with van der Waals surface area (Å²) in [6.07, 6.45) is 10.0. The molecule has 1 aliphatic carbocycles. The van der Waals surface area contributed by atoms with Gasteiger partial charge in [0.05, 0.1) is 33.0 Å². The average molecular weight is 544 g/mol. The number of para-hydroxylation sites is 1. The molecule has 194 valence electrons. The largest absolute Gasteiger partial charge is 0.307 e. The average Bonchev–Trinajstić information content (AvgIpc) is 3.73. The van der Waals surface area contributed by atoms with E-state index in [0.717, 1.165) is 11.9 Å². The summed E-state index contributed by atoms with van der Waals surface area (Å²) in [4.78, 5) is 0. The van der Waals surface area contributed by atoms with Crippen LogP contribution in [0.15, 0.2) is 134 Å². The molecule has 1 unspecified atom stereocenters. The van der Waals surface area contributed by atoms with Crippen LogP contribution in [0.2, 0.25) is 0 Å².